The Hall–Kier alpha value is -2.48. The minimum Gasteiger partial charge on any atom is -0.364 e. The molecule has 1 fully saturated rings. The van der Waals surface area contributed by atoms with E-state index in [9.17, 15) is 0 Å². The first-order chi connectivity index (χ1) is 9.69. The van der Waals surface area contributed by atoms with Crippen LogP contribution in [0.1, 0.15) is 18.9 Å². The second kappa shape index (κ2) is 4.89. The minimum absolute atomic E-state index is 0.457. The molecule has 0 unspecified atom stereocenters. The molecule has 1 aromatic heterocycles. The van der Waals surface area contributed by atoms with Crippen LogP contribution in [0.2, 0.25) is 0 Å². The van der Waals surface area contributed by atoms with Gasteiger partial charge < -0.3 is 10.3 Å². The van der Waals surface area contributed by atoms with Gasteiger partial charge in [0.25, 0.3) is 0 Å². The summed E-state index contributed by atoms with van der Waals surface area (Å²) in [7, 11) is 0. The van der Waals surface area contributed by atoms with E-state index in [4.69, 9.17) is 10.7 Å². The van der Waals surface area contributed by atoms with Crippen LogP contribution < -0.4 is 4.90 Å². The fraction of sp³-hybridized carbons (Fsp3) is 0.333. The third-order valence-electron chi connectivity index (χ3n) is 3.57. The number of nitriles is 1. The third-order valence-corrected chi connectivity index (χ3v) is 3.57. The Bertz CT molecular complexity index is 716. The highest BCUT2D eigenvalue weighted by atomic mass is 15.2. The van der Waals surface area contributed by atoms with Crippen molar-refractivity contribution in [1.82, 2.24) is 9.97 Å². The smallest absolute Gasteiger partial charge is 0.113 e. The summed E-state index contributed by atoms with van der Waals surface area (Å²) in [6.07, 6.45) is 4.11. The Balaban J connectivity index is 2.13. The maximum Gasteiger partial charge on any atom is 0.113 e. The van der Waals surface area contributed by atoms with E-state index in [-0.39, 0.29) is 0 Å². The molecular weight excluding hydrogens is 250 g/mol. The molecule has 0 bridgehead atoms. The van der Waals surface area contributed by atoms with E-state index in [2.05, 4.69) is 27.9 Å². The van der Waals surface area contributed by atoms with Gasteiger partial charge in [0.05, 0.1) is 17.8 Å². The second-order valence-corrected chi connectivity index (χ2v) is 5.29. The van der Waals surface area contributed by atoms with Gasteiger partial charge in [-0.15, -0.1) is 0 Å². The van der Waals surface area contributed by atoms with Gasteiger partial charge in [-0.2, -0.15) is 5.26 Å². The van der Waals surface area contributed by atoms with Crippen molar-refractivity contribution in [3.05, 3.63) is 30.1 Å². The van der Waals surface area contributed by atoms with Crippen LogP contribution in [0.25, 0.3) is 11.0 Å². The molecule has 2 aromatic rings. The number of fused-ring (bicyclic) bond motifs is 1. The van der Waals surface area contributed by atoms with Gasteiger partial charge in [-0.3, -0.25) is 9.97 Å². The van der Waals surface area contributed by atoms with E-state index in [0.29, 0.717) is 23.5 Å². The molecule has 5 nitrogen and oxygen atoms in total. The van der Waals surface area contributed by atoms with Crippen LogP contribution in [0.15, 0.2) is 24.5 Å². The summed E-state index contributed by atoms with van der Waals surface area (Å²) >= 11 is 0. The Morgan fingerprint density at radius 2 is 2.05 bits per heavy atom. The highest BCUT2D eigenvalue weighted by Crippen LogP contribution is 2.29. The van der Waals surface area contributed by atoms with Gasteiger partial charge in [0, 0.05) is 24.7 Å². The molecule has 2 heterocycles. The van der Waals surface area contributed by atoms with Gasteiger partial charge >= 0.3 is 0 Å². The highest BCUT2D eigenvalue weighted by molar-refractivity contribution is 5.95. The van der Waals surface area contributed by atoms with Gasteiger partial charge in [0.2, 0.25) is 0 Å². The molecule has 0 saturated carbocycles. The maximum atomic E-state index is 9.16. The lowest BCUT2D eigenvalue weighted by atomic mass is 9.97. The lowest BCUT2D eigenvalue weighted by Crippen LogP contribution is -2.39. The summed E-state index contributed by atoms with van der Waals surface area (Å²) in [5, 5.41) is 17.1. The molecule has 3 rings (SSSR count). The fourth-order valence-corrected chi connectivity index (χ4v) is 2.79. The maximum absolute atomic E-state index is 9.16. The Morgan fingerprint density at radius 1 is 1.30 bits per heavy atom. The molecule has 1 aliphatic rings. The van der Waals surface area contributed by atoms with Crippen LogP contribution >= 0.6 is 0 Å². The van der Waals surface area contributed by atoms with E-state index >= 15 is 0 Å². The number of piperidine rings is 1. The minimum atomic E-state index is 0.457. The zero-order valence-corrected chi connectivity index (χ0v) is 11.3. The Kier molecular flexibility index (Phi) is 3.07. The molecule has 0 amide bonds. The average molecular weight is 265 g/mol. The van der Waals surface area contributed by atoms with Crippen LogP contribution in [0.5, 0.6) is 0 Å². The van der Waals surface area contributed by atoms with Crippen LogP contribution in [-0.4, -0.2) is 28.8 Å². The van der Waals surface area contributed by atoms with E-state index in [1.54, 1.807) is 18.5 Å². The van der Waals surface area contributed by atoms with Crippen molar-refractivity contribution in [3.8, 4) is 6.07 Å². The molecule has 1 saturated heterocycles. The van der Waals surface area contributed by atoms with Crippen molar-refractivity contribution < 1.29 is 0 Å². The SMILES string of the molecule is C[C@H]1CC(=N)CN(c2ccc(C#N)c3nccnc23)C1. The van der Waals surface area contributed by atoms with E-state index in [0.717, 1.165) is 29.9 Å². The summed E-state index contributed by atoms with van der Waals surface area (Å²) in [6.45, 7) is 3.68. The quantitative estimate of drug-likeness (QED) is 0.858. The molecule has 0 spiro atoms. The lowest BCUT2D eigenvalue weighted by Gasteiger charge is -2.33. The Labute approximate surface area is 117 Å². The van der Waals surface area contributed by atoms with Gasteiger partial charge in [0.1, 0.15) is 17.1 Å². The summed E-state index contributed by atoms with van der Waals surface area (Å²) in [5.41, 5.74) is 3.62. The molecule has 20 heavy (non-hydrogen) atoms. The van der Waals surface area contributed by atoms with E-state index < -0.39 is 0 Å². The molecule has 1 atom stereocenters. The molecule has 1 aromatic carbocycles. The monoisotopic (exact) mass is 265 g/mol. The van der Waals surface area contributed by atoms with Crippen molar-refractivity contribution in [1.29, 1.82) is 10.7 Å². The molecule has 0 aliphatic carbocycles. The first-order valence-electron chi connectivity index (χ1n) is 6.64. The number of benzene rings is 1. The predicted octanol–water partition coefficient (Wildman–Crippen LogP) is 2.37. The topological polar surface area (TPSA) is 76.7 Å². The summed E-state index contributed by atoms with van der Waals surface area (Å²) in [4.78, 5) is 10.8. The van der Waals surface area contributed by atoms with Crippen molar-refractivity contribution in [2.24, 2.45) is 5.92 Å². The summed E-state index contributed by atoms with van der Waals surface area (Å²) < 4.78 is 0. The van der Waals surface area contributed by atoms with E-state index in [1.165, 1.54) is 0 Å². The van der Waals surface area contributed by atoms with Crippen LogP contribution in [0, 0.1) is 22.7 Å². The molecule has 1 aliphatic heterocycles. The highest BCUT2D eigenvalue weighted by Gasteiger charge is 2.22. The van der Waals surface area contributed by atoms with E-state index in [1.807, 2.05) is 6.07 Å². The number of hydrogen-bond acceptors (Lipinski definition) is 5. The molecule has 1 N–H and O–H groups in total. The number of aromatic nitrogens is 2. The molecule has 0 radical (unpaired) electrons. The van der Waals surface area contributed by atoms with Crippen LogP contribution in [-0.2, 0) is 0 Å². The van der Waals surface area contributed by atoms with Crippen LogP contribution in [0.3, 0.4) is 0 Å². The molecule has 5 heteroatoms. The fourth-order valence-electron chi connectivity index (χ4n) is 2.79. The van der Waals surface area contributed by atoms with Crippen molar-refractivity contribution >= 4 is 22.4 Å². The molecule has 100 valence electrons. The summed E-state index contributed by atoms with van der Waals surface area (Å²) in [6, 6.07) is 5.86. The average Bonchev–Trinajstić information content (AvgIpc) is 2.45. The van der Waals surface area contributed by atoms with Gasteiger partial charge in [-0.05, 0) is 24.5 Å². The number of anilines is 1. The number of hydrogen-bond donors (Lipinski definition) is 1. The molecular formula is C15H15N5. The van der Waals surface area contributed by atoms with Gasteiger partial charge in [-0.25, -0.2) is 0 Å². The normalized spacial score (nSPS) is 19.1. The largest absolute Gasteiger partial charge is 0.364 e. The second-order valence-electron chi connectivity index (χ2n) is 5.29. The van der Waals surface area contributed by atoms with Gasteiger partial charge in [-0.1, -0.05) is 6.92 Å². The standard InChI is InChI=1S/C15H15N5/c1-10-6-12(17)9-20(8-10)13-3-2-11(7-16)14-15(13)19-5-4-18-14/h2-5,10,17H,6,8-9H2,1H3/t10-/m0/s1. The summed E-state index contributed by atoms with van der Waals surface area (Å²) in [5.74, 6) is 0.457. The van der Waals surface area contributed by atoms with Crippen molar-refractivity contribution in [2.45, 2.75) is 13.3 Å². The lowest BCUT2D eigenvalue weighted by molar-refractivity contribution is 0.562. The Morgan fingerprint density at radius 3 is 2.75 bits per heavy atom. The van der Waals surface area contributed by atoms with Crippen LogP contribution in [0.4, 0.5) is 5.69 Å². The predicted molar refractivity (Wildman–Crippen MR) is 78.0 cm³/mol. The third kappa shape index (κ3) is 2.10. The first kappa shape index (κ1) is 12.5. The number of nitrogens with zero attached hydrogens (tertiary/aromatic N) is 4. The van der Waals surface area contributed by atoms with Crippen molar-refractivity contribution in [3.63, 3.8) is 0 Å². The number of nitrogens with one attached hydrogen (secondary N) is 1. The zero-order valence-electron chi connectivity index (χ0n) is 11.3. The zero-order chi connectivity index (χ0) is 14.1. The van der Waals surface area contributed by atoms with Crippen molar-refractivity contribution in [2.75, 3.05) is 18.0 Å². The van der Waals surface area contributed by atoms with Gasteiger partial charge in [0.15, 0.2) is 0 Å². The number of rotatable bonds is 1. The first-order valence-corrected chi connectivity index (χ1v) is 6.64.